The first-order valence-corrected chi connectivity index (χ1v) is 6.73. The van der Waals surface area contributed by atoms with Crippen molar-refractivity contribution in [2.45, 2.75) is 38.1 Å². The Bertz CT molecular complexity index is 496. The number of aliphatic hydroxyl groups is 1. The molecule has 1 aromatic rings. The number of carboxylic acid groups (broad SMARTS) is 1. The number of rotatable bonds is 7. The van der Waals surface area contributed by atoms with Crippen LogP contribution in [0.4, 0.5) is 0 Å². The largest absolute Gasteiger partial charge is 0.480 e. The molecule has 0 radical (unpaired) electrons. The van der Waals surface area contributed by atoms with E-state index in [4.69, 9.17) is 14.6 Å². The number of aryl methyl sites for hydroxylation is 1. The van der Waals surface area contributed by atoms with Crippen molar-refractivity contribution in [2.24, 2.45) is 5.92 Å². The lowest BCUT2D eigenvalue weighted by Crippen LogP contribution is -2.43. The maximum Gasteiger partial charge on any atom is 0.328 e. The Morgan fingerprint density at radius 1 is 1.50 bits per heavy atom. The van der Waals surface area contributed by atoms with E-state index in [-0.39, 0.29) is 6.42 Å². The van der Waals surface area contributed by atoms with Crippen molar-refractivity contribution in [1.82, 2.24) is 5.32 Å². The molecule has 6 heteroatoms. The summed E-state index contributed by atoms with van der Waals surface area (Å²) >= 11 is 0. The predicted molar refractivity (Wildman–Crippen MR) is 70.2 cm³/mol. The molecule has 2 unspecified atom stereocenters. The average Bonchev–Trinajstić information content (AvgIpc) is 2.96. The molecule has 0 bridgehead atoms. The standard InChI is InChI=1S/C14H19NO5/c1-8-6-10(8)12-4-2-9(20-12)3-5-13(17)15-11(7-16)14(18)19/h2,4,8,10-11,16H,3,5-7H2,1H3,(H,15,17)(H,18,19)/t8?,10?,11-/m0/s1. The summed E-state index contributed by atoms with van der Waals surface area (Å²) in [6.07, 6.45) is 1.70. The molecule has 1 heterocycles. The number of hydrogen-bond donors (Lipinski definition) is 3. The van der Waals surface area contributed by atoms with Gasteiger partial charge in [0.15, 0.2) is 0 Å². The van der Waals surface area contributed by atoms with Gasteiger partial charge in [-0.25, -0.2) is 4.79 Å². The summed E-state index contributed by atoms with van der Waals surface area (Å²) in [5.41, 5.74) is 0. The van der Waals surface area contributed by atoms with E-state index in [1.807, 2.05) is 12.1 Å². The van der Waals surface area contributed by atoms with Gasteiger partial charge in [-0.15, -0.1) is 0 Å². The summed E-state index contributed by atoms with van der Waals surface area (Å²) < 4.78 is 5.66. The predicted octanol–water partition coefficient (Wildman–Crippen LogP) is 0.897. The van der Waals surface area contributed by atoms with Gasteiger partial charge in [-0.05, 0) is 24.5 Å². The third kappa shape index (κ3) is 3.60. The zero-order valence-electron chi connectivity index (χ0n) is 11.3. The molecular weight excluding hydrogens is 262 g/mol. The van der Waals surface area contributed by atoms with Crippen LogP contribution in [-0.2, 0) is 16.0 Å². The highest BCUT2D eigenvalue weighted by Gasteiger charge is 2.36. The van der Waals surface area contributed by atoms with Crippen LogP contribution >= 0.6 is 0 Å². The second-order valence-electron chi connectivity index (χ2n) is 5.26. The van der Waals surface area contributed by atoms with Gasteiger partial charge in [0.05, 0.1) is 6.61 Å². The molecule has 1 fully saturated rings. The van der Waals surface area contributed by atoms with E-state index >= 15 is 0 Å². The molecule has 1 saturated carbocycles. The normalized spacial score (nSPS) is 22.3. The first-order valence-electron chi connectivity index (χ1n) is 6.73. The van der Waals surface area contributed by atoms with Crippen molar-refractivity contribution >= 4 is 11.9 Å². The van der Waals surface area contributed by atoms with E-state index in [0.29, 0.717) is 18.3 Å². The van der Waals surface area contributed by atoms with Gasteiger partial charge in [0.1, 0.15) is 17.6 Å². The lowest BCUT2D eigenvalue weighted by Gasteiger charge is -2.10. The number of furan rings is 1. The van der Waals surface area contributed by atoms with Gasteiger partial charge in [-0.2, -0.15) is 0 Å². The molecule has 0 aliphatic heterocycles. The minimum atomic E-state index is -1.25. The molecule has 0 spiro atoms. The maximum atomic E-state index is 11.6. The number of nitrogens with one attached hydrogen (secondary N) is 1. The van der Waals surface area contributed by atoms with Crippen molar-refractivity contribution in [1.29, 1.82) is 0 Å². The molecule has 1 aromatic heterocycles. The van der Waals surface area contributed by atoms with Crippen molar-refractivity contribution in [3.63, 3.8) is 0 Å². The summed E-state index contributed by atoms with van der Waals surface area (Å²) in [5.74, 6) is 1.20. The molecule has 3 N–H and O–H groups in total. The van der Waals surface area contributed by atoms with Crippen LogP contribution in [0, 0.1) is 5.92 Å². The fraction of sp³-hybridized carbons (Fsp3) is 0.571. The van der Waals surface area contributed by atoms with Crippen LogP contribution in [0.15, 0.2) is 16.5 Å². The molecule has 20 heavy (non-hydrogen) atoms. The molecule has 1 aliphatic rings. The Hall–Kier alpha value is -1.82. The number of aliphatic hydroxyl groups excluding tert-OH is 1. The minimum absolute atomic E-state index is 0.136. The van der Waals surface area contributed by atoms with Crippen LogP contribution in [0.25, 0.3) is 0 Å². The zero-order chi connectivity index (χ0) is 14.7. The summed E-state index contributed by atoms with van der Waals surface area (Å²) in [6.45, 7) is 1.55. The topological polar surface area (TPSA) is 99.8 Å². The Morgan fingerprint density at radius 3 is 2.75 bits per heavy atom. The fourth-order valence-corrected chi connectivity index (χ4v) is 2.14. The highest BCUT2D eigenvalue weighted by molar-refractivity contribution is 5.83. The van der Waals surface area contributed by atoms with Crippen molar-refractivity contribution in [2.75, 3.05) is 6.61 Å². The molecule has 110 valence electrons. The summed E-state index contributed by atoms with van der Waals surface area (Å²) in [7, 11) is 0. The van der Waals surface area contributed by atoms with E-state index < -0.39 is 24.5 Å². The van der Waals surface area contributed by atoms with E-state index in [9.17, 15) is 9.59 Å². The average molecular weight is 281 g/mol. The Balaban J connectivity index is 1.78. The highest BCUT2D eigenvalue weighted by atomic mass is 16.4. The molecule has 3 atom stereocenters. The molecule has 0 saturated heterocycles. The second-order valence-corrected chi connectivity index (χ2v) is 5.26. The van der Waals surface area contributed by atoms with E-state index in [2.05, 4.69) is 12.2 Å². The monoisotopic (exact) mass is 281 g/mol. The first-order chi connectivity index (χ1) is 9.51. The van der Waals surface area contributed by atoms with E-state index in [1.54, 1.807) is 0 Å². The van der Waals surface area contributed by atoms with Gasteiger partial charge < -0.3 is 19.9 Å². The third-order valence-corrected chi connectivity index (χ3v) is 3.57. The smallest absolute Gasteiger partial charge is 0.328 e. The maximum absolute atomic E-state index is 11.6. The molecule has 0 aromatic carbocycles. The van der Waals surface area contributed by atoms with Crippen LogP contribution in [0.2, 0.25) is 0 Å². The van der Waals surface area contributed by atoms with Gasteiger partial charge in [-0.1, -0.05) is 6.92 Å². The van der Waals surface area contributed by atoms with Gasteiger partial charge in [0.25, 0.3) is 0 Å². The van der Waals surface area contributed by atoms with Gasteiger partial charge in [-0.3, -0.25) is 4.79 Å². The van der Waals surface area contributed by atoms with Gasteiger partial charge in [0, 0.05) is 18.8 Å². The number of carbonyl (C=O) groups excluding carboxylic acids is 1. The molecule has 1 amide bonds. The Kier molecular flexibility index (Phi) is 4.44. The van der Waals surface area contributed by atoms with Crippen LogP contribution < -0.4 is 5.32 Å². The highest BCUT2D eigenvalue weighted by Crippen LogP contribution is 2.47. The summed E-state index contributed by atoms with van der Waals surface area (Å²) in [5, 5.41) is 19.8. The lowest BCUT2D eigenvalue weighted by atomic mass is 10.2. The zero-order valence-corrected chi connectivity index (χ0v) is 11.3. The number of carbonyl (C=O) groups is 2. The number of aliphatic carboxylic acids is 1. The van der Waals surface area contributed by atoms with Gasteiger partial charge >= 0.3 is 5.97 Å². The van der Waals surface area contributed by atoms with Crippen LogP contribution in [0.5, 0.6) is 0 Å². The van der Waals surface area contributed by atoms with Crippen LogP contribution in [0.3, 0.4) is 0 Å². The summed E-state index contributed by atoms with van der Waals surface area (Å²) in [6, 6.07) is 2.55. The summed E-state index contributed by atoms with van der Waals surface area (Å²) in [4.78, 5) is 22.2. The number of hydrogen-bond acceptors (Lipinski definition) is 4. The SMILES string of the molecule is CC1CC1c1ccc(CCC(=O)N[C@@H](CO)C(=O)O)o1. The Labute approximate surface area is 116 Å². The molecular formula is C14H19NO5. The fourth-order valence-electron chi connectivity index (χ4n) is 2.14. The number of carboxylic acids is 1. The molecule has 2 rings (SSSR count). The van der Waals surface area contributed by atoms with E-state index in [0.717, 1.165) is 17.9 Å². The quantitative estimate of drug-likeness (QED) is 0.689. The minimum Gasteiger partial charge on any atom is -0.480 e. The molecule has 6 nitrogen and oxygen atoms in total. The third-order valence-electron chi connectivity index (χ3n) is 3.57. The molecule has 1 aliphatic carbocycles. The van der Waals surface area contributed by atoms with Crippen LogP contribution in [0.1, 0.15) is 37.2 Å². The number of amides is 1. The van der Waals surface area contributed by atoms with Gasteiger partial charge in [0.2, 0.25) is 5.91 Å². The van der Waals surface area contributed by atoms with E-state index in [1.165, 1.54) is 0 Å². The first kappa shape index (κ1) is 14.6. The Morgan fingerprint density at radius 2 is 2.20 bits per heavy atom. The van der Waals surface area contributed by atoms with Crippen molar-refractivity contribution < 1.29 is 24.2 Å². The second kappa shape index (κ2) is 6.09. The lowest BCUT2D eigenvalue weighted by molar-refractivity contribution is -0.142. The van der Waals surface area contributed by atoms with Crippen molar-refractivity contribution in [3.05, 3.63) is 23.7 Å². The van der Waals surface area contributed by atoms with Crippen molar-refractivity contribution in [3.8, 4) is 0 Å². The van der Waals surface area contributed by atoms with Crippen LogP contribution in [-0.4, -0.2) is 34.7 Å².